The van der Waals surface area contributed by atoms with Gasteiger partial charge in [-0.15, -0.1) is 0 Å². The fourth-order valence-corrected chi connectivity index (χ4v) is 3.14. The van der Waals surface area contributed by atoms with E-state index in [4.69, 9.17) is 5.73 Å². The van der Waals surface area contributed by atoms with Gasteiger partial charge in [0, 0.05) is 18.0 Å². The Labute approximate surface area is 121 Å². The molecule has 1 aromatic rings. The van der Waals surface area contributed by atoms with Gasteiger partial charge in [-0.05, 0) is 38.5 Å². The van der Waals surface area contributed by atoms with E-state index < -0.39 is 0 Å². The lowest BCUT2D eigenvalue weighted by atomic mass is 10.0. The lowest BCUT2D eigenvalue weighted by Gasteiger charge is -2.13. The van der Waals surface area contributed by atoms with E-state index in [-0.39, 0.29) is 0 Å². The molecule has 0 unspecified atom stereocenters. The molecule has 3 rings (SSSR count). The Morgan fingerprint density at radius 3 is 2.60 bits per heavy atom. The molecule has 0 saturated heterocycles. The average molecular weight is 274 g/mol. The molecular weight excluding hydrogens is 248 g/mol. The lowest BCUT2D eigenvalue weighted by molar-refractivity contribution is 0.491. The molecule has 0 radical (unpaired) electrons. The van der Waals surface area contributed by atoms with Gasteiger partial charge in [0.05, 0.1) is 0 Å². The molecular formula is C16H26N4. The molecule has 0 aliphatic heterocycles. The van der Waals surface area contributed by atoms with Crippen LogP contribution in [-0.2, 0) is 0 Å². The van der Waals surface area contributed by atoms with Crippen LogP contribution in [0.3, 0.4) is 0 Å². The van der Waals surface area contributed by atoms with Gasteiger partial charge in [0.25, 0.3) is 0 Å². The third-order valence-electron chi connectivity index (χ3n) is 4.70. The molecule has 2 aliphatic rings. The van der Waals surface area contributed by atoms with Gasteiger partial charge in [-0.25, -0.2) is 9.97 Å². The summed E-state index contributed by atoms with van der Waals surface area (Å²) in [6, 6.07) is 0. The van der Waals surface area contributed by atoms with E-state index in [9.17, 15) is 0 Å². The van der Waals surface area contributed by atoms with E-state index >= 15 is 0 Å². The van der Waals surface area contributed by atoms with Crippen LogP contribution in [0.1, 0.15) is 68.7 Å². The standard InChI is InChI=1S/C16H26N4/c1-11-14(17)19-16(13-8-9-13)20-15(11)18-10-4-7-12-5-2-3-6-12/h12-13H,2-10H2,1H3,(H3,17,18,19,20). The van der Waals surface area contributed by atoms with Crippen molar-refractivity contribution in [2.24, 2.45) is 5.92 Å². The third kappa shape index (κ3) is 3.22. The number of hydrogen-bond acceptors (Lipinski definition) is 4. The molecule has 4 nitrogen and oxygen atoms in total. The summed E-state index contributed by atoms with van der Waals surface area (Å²) in [5, 5.41) is 3.47. The van der Waals surface area contributed by atoms with Crippen LogP contribution in [-0.4, -0.2) is 16.5 Å². The maximum atomic E-state index is 6.00. The zero-order valence-corrected chi connectivity index (χ0v) is 12.5. The normalized spacial score (nSPS) is 19.4. The van der Waals surface area contributed by atoms with Crippen molar-refractivity contribution in [3.8, 4) is 0 Å². The lowest BCUT2D eigenvalue weighted by Crippen LogP contribution is -2.11. The molecule has 2 fully saturated rings. The summed E-state index contributed by atoms with van der Waals surface area (Å²) in [5.74, 6) is 4.05. The van der Waals surface area contributed by atoms with Crippen molar-refractivity contribution in [2.75, 3.05) is 17.6 Å². The maximum Gasteiger partial charge on any atom is 0.136 e. The molecule has 20 heavy (non-hydrogen) atoms. The highest BCUT2D eigenvalue weighted by molar-refractivity contribution is 5.55. The number of aromatic nitrogens is 2. The SMILES string of the molecule is Cc1c(N)nc(C2CC2)nc1NCCCC1CCCC1. The first kappa shape index (κ1) is 13.7. The molecule has 0 amide bonds. The third-order valence-corrected chi connectivity index (χ3v) is 4.70. The van der Waals surface area contributed by atoms with E-state index in [1.165, 1.54) is 51.4 Å². The van der Waals surface area contributed by atoms with Gasteiger partial charge in [0.15, 0.2) is 0 Å². The molecule has 0 atom stereocenters. The van der Waals surface area contributed by atoms with Gasteiger partial charge in [0.2, 0.25) is 0 Å². The second-order valence-electron chi connectivity index (χ2n) is 6.43. The fraction of sp³-hybridized carbons (Fsp3) is 0.750. The number of nitrogens with zero attached hydrogens (tertiary/aromatic N) is 2. The fourth-order valence-electron chi connectivity index (χ4n) is 3.14. The largest absolute Gasteiger partial charge is 0.383 e. The van der Waals surface area contributed by atoms with Crippen molar-refractivity contribution >= 4 is 11.6 Å². The topological polar surface area (TPSA) is 63.8 Å². The highest BCUT2D eigenvalue weighted by Gasteiger charge is 2.27. The number of nitrogens with two attached hydrogens (primary N) is 1. The van der Waals surface area contributed by atoms with E-state index in [1.54, 1.807) is 0 Å². The Hall–Kier alpha value is -1.32. The number of hydrogen-bond donors (Lipinski definition) is 2. The van der Waals surface area contributed by atoms with E-state index in [2.05, 4.69) is 15.3 Å². The summed E-state index contributed by atoms with van der Waals surface area (Å²) in [4.78, 5) is 9.08. The first-order valence-electron chi connectivity index (χ1n) is 8.12. The van der Waals surface area contributed by atoms with Crippen LogP contribution in [0.2, 0.25) is 0 Å². The molecule has 2 aliphatic carbocycles. The van der Waals surface area contributed by atoms with Gasteiger partial charge < -0.3 is 11.1 Å². The van der Waals surface area contributed by atoms with Crippen molar-refractivity contribution in [3.63, 3.8) is 0 Å². The molecule has 0 spiro atoms. The van der Waals surface area contributed by atoms with E-state index in [0.717, 1.165) is 29.7 Å². The monoisotopic (exact) mass is 274 g/mol. The summed E-state index contributed by atoms with van der Waals surface area (Å²) < 4.78 is 0. The maximum absolute atomic E-state index is 6.00. The number of nitrogens with one attached hydrogen (secondary N) is 1. The van der Waals surface area contributed by atoms with Crippen LogP contribution in [0.4, 0.5) is 11.6 Å². The van der Waals surface area contributed by atoms with Crippen molar-refractivity contribution in [3.05, 3.63) is 11.4 Å². The summed E-state index contributed by atoms with van der Waals surface area (Å²) in [5.41, 5.74) is 7.00. The second-order valence-corrected chi connectivity index (χ2v) is 6.43. The summed E-state index contributed by atoms with van der Waals surface area (Å²) in [7, 11) is 0. The highest BCUT2D eigenvalue weighted by atomic mass is 15.1. The second kappa shape index (κ2) is 5.98. The van der Waals surface area contributed by atoms with Crippen LogP contribution in [0.25, 0.3) is 0 Å². The zero-order chi connectivity index (χ0) is 13.9. The highest BCUT2D eigenvalue weighted by Crippen LogP contribution is 2.39. The minimum Gasteiger partial charge on any atom is -0.383 e. The number of rotatable bonds is 6. The predicted molar refractivity (Wildman–Crippen MR) is 82.8 cm³/mol. The van der Waals surface area contributed by atoms with Crippen LogP contribution < -0.4 is 11.1 Å². The summed E-state index contributed by atoms with van der Waals surface area (Å²) >= 11 is 0. The van der Waals surface area contributed by atoms with Crippen LogP contribution in [0.5, 0.6) is 0 Å². The first-order valence-corrected chi connectivity index (χ1v) is 8.12. The number of anilines is 2. The average Bonchev–Trinajstić information content (AvgIpc) is 3.16. The Morgan fingerprint density at radius 1 is 1.15 bits per heavy atom. The number of nitrogen functional groups attached to an aromatic ring is 1. The first-order chi connectivity index (χ1) is 9.74. The zero-order valence-electron chi connectivity index (χ0n) is 12.5. The Morgan fingerprint density at radius 2 is 1.90 bits per heavy atom. The molecule has 3 N–H and O–H groups in total. The summed E-state index contributed by atoms with van der Waals surface area (Å²) in [6.45, 7) is 3.00. The van der Waals surface area contributed by atoms with Gasteiger partial charge in [-0.1, -0.05) is 25.7 Å². The molecule has 4 heteroatoms. The summed E-state index contributed by atoms with van der Waals surface area (Å²) in [6.07, 6.45) is 10.7. The van der Waals surface area contributed by atoms with Gasteiger partial charge in [0.1, 0.15) is 17.5 Å². The molecule has 2 saturated carbocycles. The van der Waals surface area contributed by atoms with Crippen molar-refractivity contribution < 1.29 is 0 Å². The van der Waals surface area contributed by atoms with Crippen LogP contribution >= 0.6 is 0 Å². The Kier molecular flexibility index (Phi) is 4.08. The molecule has 0 bridgehead atoms. The molecule has 1 heterocycles. The van der Waals surface area contributed by atoms with E-state index in [0.29, 0.717) is 11.7 Å². The van der Waals surface area contributed by atoms with Crippen molar-refractivity contribution in [1.29, 1.82) is 0 Å². The minimum absolute atomic E-state index is 0.553. The smallest absolute Gasteiger partial charge is 0.136 e. The van der Waals surface area contributed by atoms with Gasteiger partial charge in [-0.2, -0.15) is 0 Å². The molecule has 1 aromatic heterocycles. The van der Waals surface area contributed by atoms with Crippen LogP contribution in [0, 0.1) is 12.8 Å². The van der Waals surface area contributed by atoms with Crippen molar-refractivity contribution in [2.45, 2.75) is 64.2 Å². The Balaban J connectivity index is 1.53. The molecule has 110 valence electrons. The minimum atomic E-state index is 0.553. The van der Waals surface area contributed by atoms with Gasteiger partial charge >= 0.3 is 0 Å². The molecule has 0 aromatic carbocycles. The van der Waals surface area contributed by atoms with Crippen molar-refractivity contribution in [1.82, 2.24) is 9.97 Å². The van der Waals surface area contributed by atoms with Gasteiger partial charge in [-0.3, -0.25) is 0 Å². The van der Waals surface area contributed by atoms with E-state index in [1.807, 2.05) is 6.92 Å². The Bertz CT molecular complexity index is 462. The quantitative estimate of drug-likeness (QED) is 0.778. The predicted octanol–water partition coefficient (Wildman–Crippen LogP) is 3.63. The van der Waals surface area contributed by atoms with Crippen LogP contribution in [0.15, 0.2) is 0 Å².